The van der Waals surface area contributed by atoms with E-state index in [0.29, 0.717) is 5.92 Å². The van der Waals surface area contributed by atoms with Gasteiger partial charge in [0.25, 0.3) is 0 Å². The minimum Gasteiger partial charge on any atom is -0.393 e. The fourth-order valence-electron chi connectivity index (χ4n) is 2.00. The molecule has 0 aliphatic carbocycles. The topological polar surface area (TPSA) is 32.3 Å². The predicted octanol–water partition coefficient (Wildman–Crippen LogP) is 1.78. The smallest absolute Gasteiger partial charge is 0.0585 e. The van der Waals surface area contributed by atoms with Crippen molar-refractivity contribution in [3.05, 3.63) is 0 Å². The van der Waals surface area contributed by atoms with Crippen LogP contribution in [-0.2, 0) is 0 Å². The minimum atomic E-state index is -0.118. The van der Waals surface area contributed by atoms with Gasteiger partial charge in [0, 0.05) is 6.54 Å². The zero-order valence-electron chi connectivity index (χ0n) is 9.14. The largest absolute Gasteiger partial charge is 0.393 e. The van der Waals surface area contributed by atoms with E-state index < -0.39 is 0 Å². The van der Waals surface area contributed by atoms with E-state index in [4.69, 9.17) is 0 Å². The van der Waals surface area contributed by atoms with Crippen molar-refractivity contribution in [3.8, 4) is 0 Å². The first kappa shape index (κ1) is 11.0. The van der Waals surface area contributed by atoms with E-state index in [0.717, 1.165) is 19.5 Å². The van der Waals surface area contributed by atoms with Crippen molar-refractivity contribution >= 4 is 0 Å². The van der Waals surface area contributed by atoms with Crippen molar-refractivity contribution in [3.63, 3.8) is 0 Å². The van der Waals surface area contributed by atoms with Gasteiger partial charge in [0.2, 0.25) is 0 Å². The summed E-state index contributed by atoms with van der Waals surface area (Å²) in [7, 11) is 0. The van der Waals surface area contributed by atoms with Gasteiger partial charge in [-0.05, 0) is 37.1 Å². The van der Waals surface area contributed by atoms with E-state index in [1.54, 1.807) is 0 Å². The van der Waals surface area contributed by atoms with Gasteiger partial charge in [-0.2, -0.15) is 0 Å². The quantitative estimate of drug-likeness (QED) is 0.687. The highest BCUT2D eigenvalue weighted by atomic mass is 16.3. The molecule has 0 aromatic carbocycles. The first-order valence-corrected chi connectivity index (χ1v) is 5.38. The molecule has 2 atom stereocenters. The average Bonchev–Trinajstić information content (AvgIpc) is 2.03. The zero-order chi connectivity index (χ0) is 9.90. The molecular weight excluding hydrogens is 162 g/mol. The van der Waals surface area contributed by atoms with Crippen LogP contribution >= 0.6 is 0 Å². The first-order valence-electron chi connectivity index (χ1n) is 5.38. The SMILES string of the molecule is CC(C)(C)CC(O)C1CCCNC1. The Morgan fingerprint density at radius 1 is 1.46 bits per heavy atom. The summed E-state index contributed by atoms with van der Waals surface area (Å²) in [5.41, 5.74) is 0.247. The van der Waals surface area contributed by atoms with Crippen molar-refractivity contribution in [2.24, 2.45) is 11.3 Å². The highest BCUT2D eigenvalue weighted by molar-refractivity contribution is 4.79. The summed E-state index contributed by atoms with van der Waals surface area (Å²) in [6.45, 7) is 8.68. The third-order valence-electron chi connectivity index (χ3n) is 2.70. The fraction of sp³-hybridized carbons (Fsp3) is 1.00. The molecule has 1 rings (SSSR count). The Bertz CT molecular complexity index is 145. The summed E-state index contributed by atoms with van der Waals surface area (Å²) >= 11 is 0. The van der Waals surface area contributed by atoms with Gasteiger partial charge < -0.3 is 10.4 Å². The molecule has 2 heteroatoms. The van der Waals surface area contributed by atoms with Crippen molar-refractivity contribution in [2.75, 3.05) is 13.1 Å². The van der Waals surface area contributed by atoms with Gasteiger partial charge in [0.1, 0.15) is 0 Å². The molecule has 1 saturated heterocycles. The molecule has 13 heavy (non-hydrogen) atoms. The molecule has 2 nitrogen and oxygen atoms in total. The standard InChI is InChI=1S/C11H23NO/c1-11(2,3)7-10(13)9-5-4-6-12-8-9/h9-10,12-13H,4-8H2,1-3H3. The van der Waals surface area contributed by atoms with Crippen molar-refractivity contribution in [2.45, 2.75) is 46.1 Å². The summed E-state index contributed by atoms with van der Waals surface area (Å²) in [6, 6.07) is 0. The number of hydrogen-bond donors (Lipinski definition) is 2. The van der Waals surface area contributed by atoms with Gasteiger partial charge in [0.15, 0.2) is 0 Å². The lowest BCUT2D eigenvalue weighted by Crippen LogP contribution is -2.38. The molecule has 78 valence electrons. The van der Waals surface area contributed by atoms with Crippen LogP contribution in [0, 0.1) is 11.3 Å². The second-order valence-electron chi connectivity index (χ2n) is 5.44. The Morgan fingerprint density at radius 3 is 2.62 bits per heavy atom. The van der Waals surface area contributed by atoms with Crippen molar-refractivity contribution in [1.82, 2.24) is 5.32 Å². The summed E-state index contributed by atoms with van der Waals surface area (Å²) in [4.78, 5) is 0. The third kappa shape index (κ3) is 4.10. The van der Waals surface area contributed by atoms with E-state index in [-0.39, 0.29) is 11.5 Å². The van der Waals surface area contributed by atoms with E-state index >= 15 is 0 Å². The maximum absolute atomic E-state index is 9.97. The number of rotatable bonds is 2. The fourth-order valence-corrected chi connectivity index (χ4v) is 2.00. The van der Waals surface area contributed by atoms with E-state index in [9.17, 15) is 5.11 Å². The minimum absolute atomic E-state index is 0.118. The molecule has 0 bridgehead atoms. The summed E-state index contributed by atoms with van der Waals surface area (Å²) in [5, 5.41) is 13.3. The third-order valence-corrected chi connectivity index (χ3v) is 2.70. The molecule has 0 aromatic rings. The van der Waals surface area contributed by atoms with Crippen molar-refractivity contribution in [1.29, 1.82) is 0 Å². The van der Waals surface area contributed by atoms with Crippen molar-refractivity contribution < 1.29 is 5.11 Å². The van der Waals surface area contributed by atoms with Gasteiger partial charge in [-0.1, -0.05) is 20.8 Å². The molecule has 1 fully saturated rings. The molecule has 0 saturated carbocycles. The molecule has 1 aliphatic heterocycles. The molecule has 1 aliphatic rings. The van der Waals surface area contributed by atoms with E-state index in [1.165, 1.54) is 12.8 Å². The number of hydrogen-bond acceptors (Lipinski definition) is 2. The summed E-state index contributed by atoms with van der Waals surface area (Å²) in [6.07, 6.45) is 3.20. The Morgan fingerprint density at radius 2 is 2.15 bits per heavy atom. The Kier molecular flexibility index (Phi) is 3.74. The lowest BCUT2D eigenvalue weighted by molar-refractivity contribution is 0.0548. The highest BCUT2D eigenvalue weighted by Crippen LogP contribution is 2.26. The zero-order valence-corrected chi connectivity index (χ0v) is 9.14. The Hall–Kier alpha value is -0.0800. The lowest BCUT2D eigenvalue weighted by Gasteiger charge is -2.31. The first-order chi connectivity index (χ1) is 5.99. The van der Waals surface area contributed by atoms with Gasteiger partial charge in [-0.25, -0.2) is 0 Å². The molecule has 2 unspecified atom stereocenters. The van der Waals surface area contributed by atoms with Crippen LogP contribution in [0.5, 0.6) is 0 Å². The summed E-state index contributed by atoms with van der Waals surface area (Å²) < 4.78 is 0. The second-order valence-corrected chi connectivity index (χ2v) is 5.44. The van der Waals surface area contributed by atoms with Crippen LogP contribution in [0.1, 0.15) is 40.0 Å². The monoisotopic (exact) mass is 185 g/mol. The number of aliphatic hydroxyl groups excluding tert-OH is 1. The predicted molar refractivity (Wildman–Crippen MR) is 55.7 cm³/mol. The van der Waals surface area contributed by atoms with Crippen LogP contribution in [0.15, 0.2) is 0 Å². The normalized spacial score (nSPS) is 27.2. The Labute approximate surface area is 81.7 Å². The second kappa shape index (κ2) is 4.43. The number of piperidine rings is 1. The molecule has 1 heterocycles. The van der Waals surface area contributed by atoms with Crippen LogP contribution in [0.25, 0.3) is 0 Å². The highest BCUT2D eigenvalue weighted by Gasteiger charge is 2.25. The van der Waals surface area contributed by atoms with Gasteiger partial charge in [-0.3, -0.25) is 0 Å². The number of nitrogens with one attached hydrogen (secondary N) is 1. The summed E-state index contributed by atoms with van der Waals surface area (Å²) in [5.74, 6) is 0.480. The van der Waals surface area contributed by atoms with Gasteiger partial charge >= 0.3 is 0 Å². The molecule has 2 N–H and O–H groups in total. The lowest BCUT2D eigenvalue weighted by atomic mass is 9.82. The molecular formula is C11H23NO. The van der Waals surface area contributed by atoms with E-state index in [1.807, 2.05) is 0 Å². The number of aliphatic hydroxyl groups is 1. The Balaban J connectivity index is 2.33. The van der Waals surface area contributed by atoms with Crippen LogP contribution in [0.2, 0.25) is 0 Å². The maximum Gasteiger partial charge on any atom is 0.0585 e. The van der Waals surface area contributed by atoms with Crippen LogP contribution in [0.3, 0.4) is 0 Å². The van der Waals surface area contributed by atoms with Gasteiger partial charge in [-0.15, -0.1) is 0 Å². The van der Waals surface area contributed by atoms with Gasteiger partial charge in [0.05, 0.1) is 6.10 Å². The van der Waals surface area contributed by atoms with Crippen LogP contribution in [0.4, 0.5) is 0 Å². The van der Waals surface area contributed by atoms with E-state index in [2.05, 4.69) is 26.1 Å². The maximum atomic E-state index is 9.97. The molecule has 0 spiro atoms. The van der Waals surface area contributed by atoms with Crippen LogP contribution < -0.4 is 5.32 Å². The average molecular weight is 185 g/mol. The molecule has 0 aromatic heterocycles. The molecule has 0 amide bonds. The van der Waals surface area contributed by atoms with Crippen LogP contribution in [-0.4, -0.2) is 24.3 Å². The molecule has 0 radical (unpaired) electrons.